The number of carboxylic acids is 1. The van der Waals surface area contributed by atoms with Gasteiger partial charge < -0.3 is 29.9 Å². The van der Waals surface area contributed by atoms with Crippen molar-refractivity contribution in [2.24, 2.45) is 0 Å². The maximum atomic E-state index is 10.5. The second kappa shape index (κ2) is 4.20. The number of ether oxygens (including phenoxy) is 2. The Kier molecular flexibility index (Phi) is 3.40. The normalized spacial score (nSPS) is 43.6. The molecule has 1 fully saturated rings. The smallest absolute Gasteiger partial charge is 0.335 e. The van der Waals surface area contributed by atoms with Gasteiger partial charge in [0, 0.05) is 7.11 Å². The summed E-state index contributed by atoms with van der Waals surface area (Å²) in [5.41, 5.74) is 0. The average molecular weight is 208 g/mol. The molecule has 5 atom stereocenters. The zero-order chi connectivity index (χ0) is 10.9. The van der Waals surface area contributed by atoms with Crippen LogP contribution in [-0.4, -0.2) is 64.2 Å². The van der Waals surface area contributed by atoms with Crippen molar-refractivity contribution in [2.45, 2.75) is 30.7 Å². The zero-order valence-electron chi connectivity index (χ0n) is 7.40. The van der Waals surface area contributed by atoms with Gasteiger partial charge in [-0.1, -0.05) is 0 Å². The van der Waals surface area contributed by atoms with E-state index in [1.165, 1.54) is 7.11 Å². The predicted octanol–water partition coefficient (Wildman–Crippen LogP) is -2.47. The lowest BCUT2D eigenvalue weighted by Crippen LogP contribution is -2.60. The molecule has 0 aromatic carbocycles. The molecule has 0 aromatic heterocycles. The summed E-state index contributed by atoms with van der Waals surface area (Å²) in [7, 11) is 1.19. The Morgan fingerprint density at radius 1 is 1.21 bits per heavy atom. The molecule has 82 valence electrons. The second-order valence-corrected chi connectivity index (χ2v) is 2.97. The molecule has 0 aromatic rings. The van der Waals surface area contributed by atoms with Gasteiger partial charge in [-0.15, -0.1) is 0 Å². The number of aliphatic hydroxyl groups excluding tert-OH is 3. The highest BCUT2D eigenvalue weighted by molar-refractivity contribution is 5.73. The van der Waals surface area contributed by atoms with Gasteiger partial charge in [-0.25, -0.2) is 4.79 Å². The maximum absolute atomic E-state index is 10.5. The van der Waals surface area contributed by atoms with E-state index in [4.69, 9.17) is 9.84 Å². The van der Waals surface area contributed by atoms with Crippen molar-refractivity contribution >= 4 is 5.97 Å². The molecule has 4 unspecified atom stereocenters. The molecule has 1 aliphatic heterocycles. The average Bonchev–Trinajstić information content (AvgIpc) is 2.14. The molecule has 1 heterocycles. The largest absolute Gasteiger partial charge is 0.479 e. The van der Waals surface area contributed by atoms with Crippen molar-refractivity contribution in [1.29, 1.82) is 0 Å². The van der Waals surface area contributed by atoms with Gasteiger partial charge in [-0.2, -0.15) is 0 Å². The van der Waals surface area contributed by atoms with Crippen LogP contribution in [0.15, 0.2) is 0 Å². The van der Waals surface area contributed by atoms with Crippen molar-refractivity contribution in [2.75, 3.05) is 7.11 Å². The van der Waals surface area contributed by atoms with Crippen LogP contribution in [0.4, 0.5) is 0 Å². The Bertz CT molecular complexity index is 216. The summed E-state index contributed by atoms with van der Waals surface area (Å²) in [6, 6.07) is 0. The molecule has 0 radical (unpaired) electrons. The van der Waals surface area contributed by atoms with Crippen molar-refractivity contribution < 1.29 is 34.7 Å². The summed E-state index contributed by atoms with van der Waals surface area (Å²) in [5.74, 6) is -1.43. The Labute approximate surface area is 79.5 Å². The van der Waals surface area contributed by atoms with Gasteiger partial charge in [0.2, 0.25) is 0 Å². The fraction of sp³-hybridized carbons (Fsp3) is 0.857. The Balaban J connectivity index is 2.78. The molecular formula is C7H12O7. The highest BCUT2D eigenvalue weighted by Crippen LogP contribution is 2.21. The van der Waals surface area contributed by atoms with Gasteiger partial charge in [-0.05, 0) is 0 Å². The van der Waals surface area contributed by atoms with Gasteiger partial charge in [0.15, 0.2) is 12.4 Å². The number of aliphatic hydroxyl groups is 3. The van der Waals surface area contributed by atoms with Crippen LogP contribution in [-0.2, 0) is 14.3 Å². The topological polar surface area (TPSA) is 116 Å². The Morgan fingerprint density at radius 2 is 1.79 bits per heavy atom. The quantitative estimate of drug-likeness (QED) is 0.397. The van der Waals surface area contributed by atoms with E-state index >= 15 is 0 Å². The van der Waals surface area contributed by atoms with Crippen LogP contribution in [0.2, 0.25) is 0 Å². The maximum Gasteiger partial charge on any atom is 0.335 e. The van der Waals surface area contributed by atoms with Gasteiger partial charge in [0.05, 0.1) is 0 Å². The van der Waals surface area contributed by atoms with E-state index in [-0.39, 0.29) is 0 Å². The van der Waals surface area contributed by atoms with Crippen LogP contribution in [0.25, 0.3) is 0 Å². The monoisotopic (exact) mass is 208 g/mol. The summed E-state index contributed by atoms with van der Waals surface area (Å²) >= 11 is 0. The second-order valence-electron chi connectivity index (χ2n) is 2.97. The molecular weight excluding hydrogens is 196 g/mol. The summed E-state index contributed by atoms with van der Waals surface area (Å²) in [6.07, 6.45) is -7.60. The molecule has 14 heavy (non-hydrogen) atoms. The SMILES string of the molecule is COC1O[C@H](C(=O)O)C(O)C(O)C1O. The van der Waals surface area contributed by atoms with E-state index in [1.807, 2.05) is 0 Å². The highest BCUT2D eigenvalue weighted by atomic mass is 16.7. The number of rotatable bonds is 2. The molecule has 4 N–H and O–H groups in total. The van der Waals surface area contributed by atoms with E-state index < -0.39 is 36.7 Å². The molecule has 1 rings (SSSR count). The standard InChI is InChI=1S/C7H12O7/c1-13-7-4(10)2(8)3(9)5(14-7)6(11)12/h2-5,7-10H,1H3,(H,11,12)/t2?,3?,4?,5-,7?/m0/s1. The van der Waals surface area contributed by atoms with Crippen LogP contribution in [0.1, 0.15) is 0 Å². The molecule has 0 amide bonds. The molecule has 1 aliphatic rings. The van der Waals surface area contributed by atoms with Gasteiger partial charge in [0.25, 0.3) is 0 Å². The fourth-order valence-corrected chi connectivity index (χ4v) is 1.25. The minimum absolute atomic E-state index is 1.19. The minimum atomic E-state index is -1.67. The van der Waals surface area contributed by atoms with Gasteiger partial charge in [0.1, 0.15) is 18.3 Å². The molecule has 0 aliphatic carbocycles. The zero-order valence-corrected chi connectivity index (χ0v) is 7.40. The predicted molar refractivity (Wildman–Crippen MR) is 41.3 cm³/mol. The summed E-state index contributed by atoms with van der Waals surface area (Å²) in [5, 5.41) is 36.3. The minimum Gasteiger partial charge on any atom is -0.479 e. The first kappa shape index (κ1) is 11.3. The molecule has 7 nitrogen and oxygen atoms in total. The van der Waals surface area contributed by atoms with E-state index in [0.29, 0.717) is 0 Å². The van der Waals surface area contributed by atoms with E-state index in [9.17, 15) is 20.1 Å². The summed E-state index contributed by atoms with van der Waals surface area (Å²) in [4.78, 5) is 10.5. The van der Waals surface area contributed by atoms with E-state index in [1.54, 1.807) is 0 Å². The third kappa shape index (κ3) is 1.86. The Morgan fingerprint density at radius 3 is 2.21 bits per heavy atom. The van der Waals surface area contributed by atoms with Crippen LogP contribution in [0.5, 0.6) is 0 Å². The molecule has 7 heteroatoms. The van der Waals surface area contributed by atoms with E-state index in [2.05, 4.69) is 4.74 Å². The first-order chi connectivity index (χ1) is 6.49. The first-order valence-electron chi connectivity index (χ1n) is 3.94. The Hall–Kier alpha value is -0.730. The van der Waals surface area contributed by atoms with E-state index in [0.717, 1.165) is 0 Å². The summed E-state index contributed by atoms with van der Waals surface area (Å²) < 4.78 is 9.31. The van der Waals surface area contributed by atoms with Crippen LogP contribution in [0, 0.1) is 0 Å². The lowest BCUT2D eigenvalue weighted by Gasteiger charge is -2.37. The number of hydrogen-bond acceptors (Lipinski definition) is 6. The molecule has 0 saturated carbocycles. The number of hydrogen-bond donors (Lipinski definition) is 4. The molecule has 0 spiro atoms. The van der Waals surface area contributed by atoms with Crippen molar-refractivity contribution in [3.63, 3.8) is 0 Å². The van der Waals surface area contributed by atoms with Crippen molar-refractivity contribution in [3.05, 3.63) is 0 Å². The highest BCUT2D eigenvalue weighted by Gasteiger charge is 2.46. The third-order valence-electron chi connectivity index (χ3n) is 2.05. The fourth-order valence-electron chi connectivity index (χ4n) is 1.25. The molecule has 1 saturated heterocycles. The lowest BCUT2D eigenvalue weighted by molar-refractivity contribution is -0.287. The van der Waals surface area contributed by atoms with Gasteiger partial charge in [-0.3, -0.25) is 0 Å². The number of carbonyl (C=O) groups is 1. The van der Waals surface area contributed by atoms with Crippen LogP contribution >= 0.6 is 0 Å². The van der Waals surface area contributed by atoms with Crippen LogP contribution in [0.3, 0.4) is 0 Å². The number of carboxylic acid groups (broad SMARTS) is 1. The third-order valence-corrected chi connectivity index (χ3v) is 2.05. The lowest BCUT2D eigenvalue weighted by atomic mass is 9.99. The molecule has 0 bridgehead atoms. The number of aliphatic carboxylic acids is 1. The first-order valence-corrected chi connectivity index (χ1v) is 3.94. The van der Waals surface area contributed by atoms with Crippen molar-refractivity contribution in [1.82, 2.24) is 0 Å². The number of methoxy groups -OCH3 is 1. The van der Waals surface area contributed by atoms with Gasteiger partial charge >= 0.3 is 5.97 Å². The van der Waals surface area contributed by atoms with Crippen molar-refractivity contribution in [3.8, 4) is 0 Å². The van der Waals surface area contributed by atoms with Crippen LogP contribution < -0.4 is 0 Å². The summed E-state index contributed by atoms with van der Waals surface area (Å²) in [6.45, 7) is 0.